The second kappa shape index (κ2) is 5.24. The van der Waals surface area contributed by atoms with Crippen molar-refractivity contribution in [2.75, 3.05) is 30.0 Å². The third kappa shape index (κ3) is 3.00. The average molecular weight is 269 g/mol. The molecule has 1 aliphatic heterocycles. The molecule has 0 radical (unpaired) electrons. The molecule has 1 unspecified atom stereocenters. The van der Waals surface area contributed by atoms with Gasteiger partial charge in [-0.25, -0.2) is 8.42 Å². The summed E-state index contributed by atoms with van der Waals surface area (Å²) in [5.41, 5.74) is 2.02. The van der Waals surface area contributed by atoms with E-state index in [2.05, 4.69) is 15.2 Å². The van der Waals surface area contributed by atoms with Gasteiger partial charge in [-0.2, -0.15) is 0 Å². The Bertz CT molecular complexity index is 516. The molecule has 6 heteroatoms. The highest BCUT2D eigenvalue weighted by molar-refractivity contribution is 7.91. The molecule has 0 aromatic carbocycles. The molecule has 1 aromatic heterocycles. The average Bonchev–Trinajstić information content (AvgIpc) is 2.28. The van der Waals surface area contributed by atoms with Gasteiger partial charge in [0, 0.05) is 31.0 Å². The van der Waals surface area contributed by atoms with Gasteiger partial charge < -0.3 is 10.2 Å². The van der Waals surface area contributed by atoms with Crippen LogP contribution in [0.3, 0.4) is 0 Å². The lowest BCUT2D eigenvalue weighted by molar-refractivity contribution is 0.568. The van der Waals surface area contributed by atoms with Crippen LogP contribution in [0.4, 0.5) is 5.69 Å². The first kappa shape index (κ1) is 13.3. The predicted molar refractivity (Wildman–Crippen MR) is 72.5 cm³/mol. The van der Waals surface area contributed by atoms with E-state index in [0.29, 0.717) is 13.1 Å². The minimum atomic E-state index is -2.86. The highest BCUT2D eigenvalue weighted by Gasteiger charge is 2.28. The summed E-state index contributed by atoms with van der Waals surface area (Å²) in [5.74, 6) is 0.470. The molecule has 0 aliphatic carbocycles. The summed E-state index contributed by atoms with van der Waals surface area (Å²) in [5, 5.41) is 3.06. The Morgan fingerprint density at radius 2 is 2.33 bits per heavy atom. The van der Waals surface area contributed by atoms with Crippen molar-refractivity contribution in [1.82, 2.24) is 10.3 Å². The molecule has 1 aliphatic rings. The Labute approximate surface area is 108 Å². The molecule has 2 rings (SSSR count). The molecule has 1 fully saturated rings. The zero-order valence-corrected chi connectivity index (χ0v) is 11.6. The lowest BCUT2D eigenvalue weighted by atomic mass is 10.2. The van der Waals surface area contributed by atoms with Gasteiger partial charge in [-0.05, 0) is 26.1 Å². The normalized spacial score (nSPS) is 23.0. The topological polar surface area (TPSA) is 62.3 Å². The maximum atomic E-state index is 11.6. The molecular weight excluding hydrogens is 250 g/mol. The monoisotopic (exact) mass is 269 g/mol. The van der Waals surface area contributed by atoms with E-state index in [0.717, 1.165) is 11.4 Å². The van der Waals surface area contributed by atoms with Crippen LogP contribution >= 0.6 is 0 Å². The van der Waals surface area contributed by atoms with Gasteiger partial charge in [-0.3, -0.25) is 4.98 Å². The highest BCUT2D eigenvalue weighted by Crippen LogP contribution is 2.21. The minimum Gasteiger partial charge on any atom is -0.367 e. The number of hydrogen-bond donors (Lipinski definition) is 1. The Hall–Kier alpha value is -1.14. The number of aromatic nitrogens is 1. The molecule has 18 heavy (non-hydrogen) atoms. The van der Waals surface area contributed by atoms with Gasteiger partial charge in [0.1, 0.15) is 0 Å². The van der Waals surface area contributed by atoms with E-state index in [1.54, 1.807) is 6.20 Å². The van der Waals surface area contributed by atoms with Crippen LogP contribution in [0.1, 0.15) is 12.6 Å². The number of anilines is 1. The number of nitrogens with one attached hydrogen (secondary N) is 1. The molecule has 2 heterocycles. The number of sulfone groups is 1. The van der Waals surface area contributed by atoms with Crippen molar-refractivity contribution in [3.8, 4) is 0 Å². The van der Waals surface area contributed by atoms with Gasteiger partial charge in [0.2, 0.25) is 0 Å². The van der Waals surface area contributed by atoms with Gasteiger partial charge in [0.05, 0.1) is 17.2 Å². The van der Waals surface area contributed by atoms with Crippen LogP contribution in [0.15, 0.2) is 18.3 Å². The summed E-state index contributed by atoms with van der Waals surface area (Å²) in [6.45, 7) is 3.23. The summed E-state index contributed by atoms with van der Waals surface area (Å²) < 4.78 is 23.1. The zero-order chi connectivity index (χ0) is 13.2. The van der Waals surface area contributed by atoms with E-state index < -0.39 is 9.84 Å². The van der Waals surface area contributed by atoms with Crippen LogP contribution < -0.4 is 10.2 Å². The van der Waals surface area contributed by atoms with Gasteiger partial charge >= 0.3 is 0 Å². The summed E-state index contributed by atoms with van der Waals surface area (Å²) in [4.78, 5) is 6.41. The van der Waals surface area contributed by atoms with Crippen LogP contribution in [-0.2, 0) is 16.4 Å². The van der Waals surface area contributed by atoms with Crippen molar-refractivity contribution < 1.29 is 8.42 Å². The van der Waals surface area contributed by atoms with E-state index in [9.17, 15) is 8.42 Å². The molecule has 0 saturated carbocycles. The largest absolute Gasteiger partial charge is 0.367 e. The highest BCUT2D eigenvalue weighted by atomic mass is 32.2. The van der Waals surface area contributed by atoms with Crippen LogP contribution in [0.2, 0.25) is 0 Å². The number of rotatable bonds is 3. The SMILES string of the molecule is CNCc1cc(N2CCS(=O)(=O)CC2C)ccn1. The van der Waals surface area contributed by atoms with E-state index in [1.165, 1.54) is 0 Å². The van der Waals surface area contributed by atoms with Crippen molar-refractivity contribution in [1.29, 1.82) is 0 Å². The molecular formula is C12H19N3O2S. The lowest BCUT2D eigenvalue weighted by Crippen LogP contribution is -2.47. The summed E-state index contributed by atoms with van der Waals surface area (Å²) in [6, 6.07) is 3.98. The van der Waals surface area contributed by atoms with Crippen molar-refractivity contribution in [3.05, 3.63) is 24.0 Å². The molecule has 0 amide bonds. The number of nitrogens with zero attached hydrogens (tertiary/aromatic N) is 2. The van der Waals surface area contributed by atoms with Crippen molar-refractivity contribution in [2.45, 2.75) is 19.5 Å². The number of hydrogen-bond acceptors (Lipinski definition) is 5. The second-order valence-corrected chi connectivity index (χ2v) is 6.92. The molecule has 0 bridgehead atoms. The van der Waals surface area contributed by atoms with Gasteiger partial charge in [0.15, 0.2) is 9.84 Å². The van der Waals surface area contributed by atoms with Gasteiger partial charge in [-0.15, -0.1) is 0 Å². The minimum absolute atomic E-state index is 0.0218. The molecule has 1 atom stereocenters. The molecule has 5 nitrogen and oxygen atoms in total. The first-order valence-corrected chi connectivity index (χ1v) is 7.90. The maximum Gasteiger partial charge on any atom is 0.154 e. The molecule has 1 saturated heterocycles. The third-order valence-corrected chi connectivity index (χ3v) is 4.95. The van der Waals surface area contributed by atoms with Crippen LogP contribution in [-0.4, -0.2) is 44.5 Å². The molecule has 0 spiro atoms. The molecule has 1 aromatic rings. The number of pyridine rings is 1. The molecule has 1 N–H and O–H groups in total. The van der Waals surface area contributed by atoms with Crippen molar-refractivity contribution in [3.63, 3.8) is 0 Å². The predicted octanol–water partition coefficient (Wildman–Crippen LogP) is 0.424. The van der Waals surface area contributed by atoms with Crippen LogP contribution in [0.25, 0.3) is 0 Å². The summed E-state index contributed by atoms with van der Waals surface area (Å²) in [6.07, 6.45) is 1.78. The van der Waals surface area contributed by atoms with E-state index in [4.69, 9.17) is 0 Å². The smallest absolute Gasteiger partial charge is 0.154 e. The molecule has 100 valence electrons. The Balaban J connectivity index is 2.19. The quantitative estimate of drug-likeness (QED) is 0.862. The fourth-order valence-corrected chi connectivity index (χ4v) is 3.86. The first-order chi connectivity index (χ1) is 8.52. The fraction of sp³-hybridized carbons (Fsp3) is 0.583. The van der Waals surface area contributed by atoms with E-state index in [1.807, 2.05) is 26.1 Å². The second-order valence-electron chi connectivity index (χ2n) is 4.69. The third-order valence-electron chi connectivity index (χ3n) is 3.16. The van der Waals surface area contributed by atoms with Crippen molar-refractivity contribution in [2.24, 2.45) is 0 Å². The fourth-order valence-electron chi connectivity index (χ4n) is 2.30. The summed E-state index contributed by atoms with van der Waals surface area (Å²) in [7, 11) is -0.983. The van der Waals surface area contributed by atoms with Gasteiger partial charge in [-0.1, -0.05) is 0 Å². The van der Waals surface area contributed by atoms with Crippen molar-refractivity contribution >= 4 is 15.5 Å². The first-order valence-electron chi connectivity index (χ1n) is 6.08. The van der Waals surface area contributed by atoms with E-state index in [-0.39, 0.29) is 17.5 Å². The van der Waals surface area contributed by atoms with Gasteiger partial charge in [0.25, 0.3) is 0 Å². The van der Waals surface area contributed by atoms with Crippen LogP contribution in [0.5, 0.6) is 0 Å². The van der Waals surface area contributed by atoms with Crippen LogP contribution in [0, 0.1) is 0 Å². The Morgan fingerprint density at radius 3 is 3.00 bits per heavy atom. The standard InChI is InChI=1S/C12H19N3O2S/c1-10-9-18(16,17)6-5-15(10)12-3-4-14-11(7-12)8-13-2/h3-4,7,10,13H,5-6,8-9H2,1-2H3. The zero-order valence-electron chi connectivity index (χ0n) is 10.8. The lowest BCUT2D eigenvalue weighted by Gasteiger charge is -2.35. The van der Waals surface area contributed by atoms with E-state index >= 15 is 0 Å². The Morgan fingerprint density at radius 1 is 1.56 bits per heavy atom. The summed E-state index contributed by atoms with van der Waals surface area (Å²) >= 11 is 0. The Kier molecular flexibility index (Phi) is 3.87. The maximum absolute atomic E-state index is 11.6.